The number of rotatable bonds is 6. The van der Waals surface area contributed by atoms with Gasteiger partial charge < -0.3 is 14.9 Å². The molecule has 30 heavy (non-hydrogen) atoms. The number of hydrogen-bond acceptors (Lipinski definition) is 5. The second-order valence-corrected chi connectivity index (χ2v) is 8.17. The van der Waals surface area contributed by atoms with E-state index in [1.54, 1.807) is 11.7 Å². The van der Waals surface area contributed by atoms with Crippen molar-refractivity contribution >= 4 is 34.4 Å². The molecule has 0 bridgehead atoms. The maximum absolute atomic E-state index is 11.6. The highest BCUT2D eigenvalue weighted by molar-refractivity contribution is 6.31. The topological polar surface area (TPSA) is 87.4 Å². The summed E-state index contributed by atoms with van der Waals surface area (Å²) in [5, 5.41) is 15.3. The number of carbonyl (C=O) groups is 1. The van der Waals surface area contributed by atoms with Crippen molar-refractivity contribution in [1.29, 1.82) is 0 Å². The molecule has 1 aliphatic heterocycles. The Bertz CT molecular complexity index is 1030. The summed E-state index contributed by atoms with van der Waals surface area (Å²) in [6.45, 7) is 2.61. The van der Waals surface area contributed by atoms with E-state index in [-0.39, 0.29) is 6.54 Å². The third kappa shape index (κ3) is 4.64. The van der Waals surface area contributed by atoms with Crippen molar-refractivity contribution in [3.8, 4) is 0 Å². The van der Waals surface area contributed by atoms with E-state index in [0.29, 0.717) is 23.3 Å². The maximum Gasteiger partial charge on any atom is 0.407 e. The normalized spacial score (nSPS) is 14.9. The number of aryl methyl sites for hydroxylation is 1. The first kappa shape index (κ1) is 20.4. The average molecular weight is 429 g/mol. The highest BCUT2D eigenvalue weighted by atomic mass is 35.5. The fourth-order valence-electron chi connectivity index (χ4n) is 3.93. The summed E-state index contributed by atoms with van der Waals surface area (Å²) < 4.78 is 1.61. The molecule has 0 radical (unpaired) electrons. The summed E-state index contributed by atoms with van der Waals surface area (Å²) in [6, 6.07) is 9.85. The van der Waals surface area contributed by atoms with E-state index in [1.807, 2.05) is 24.3 Å². The van der Waals surface area contributed by atoms with E-state index in [2.05, 4.69) is 21.0 Å². The number of halogens is 1. The number of nitrogens with zero attached hydrogens (tertiary/aromatic N) is 6. The molecule has 0 aliphatic carbocycles. The largest absolute Gasteiger partial charge is 0.465 e. The zero-order valence-corrected chi connectivity index (χ0v) is 17.7. The first-order valence-electron chi connectivity index (χ1n) is 10.1. The Hall–Kier alpha value is -2.87. The number of carboxylic acid groups (broad SMARTS) is 1. The molecule has 1 aromatic carbocycles. The maximum atomic E-state index is 11.6. The predicted octanol–water partition coefficient (Wildman–Crippen LogP) is 3.80. The van der Waals surface area contributed by atoms with Gasteiger partial charge in [0.25, 0.3) is 0 Å². The Morgan fingerprint density at radius 2 is 2.07 bits per heavy atom. The van der Waals surface area contributed by atoms with Gasteiger partial charge in [-0.25, -0.2) is 14.8 Å². The fourth-order valence-corrected chi connectivity index (χ4v) is 4.11. The van der Waals surface area contributed by atoms with Gasteiger partial charge in [-0.2, -0.15) is 5.10 Å². The van der Waals surface area contributed by atoms with Gasteiger partial charge in [-0.15, -0.1) is 0 Å². The van der Waals surface area contributed by atoms with Crippen molar-refractivity contribution in [1.82, 2.24) is 24.6 Å². The molecule has 1 N–H and O–H groups in total. The molecule has 158 valence electrons. The number of pyridine rings is 1. The molecule has 9 heteroatoms. The van der Waals surface area contributed by atoms with Crippen LogP contribution in [0.3, 0.4) is 0 Å². The van der Waals surface area contributed by atoms with Gasteiger partial charge in [0.05, 0.1) is 12.1 Å². The van der Waals surface area contributed by atoms with Gasteiger partial charge >= 0.3 is 6.09 Å². The number of aromatic nitrogens is 4. The molecule has 1 amide bonds. The summed E-state index contributed by atoms with van der Waals surface area (Å²) in [7, 11) is 1.77. The van der Waals surface area contributed by atoms with E-state index in [1.165, 1.54) is 11.2 Å². The average Bonchev–Trinajstić information content (AvgIpc) is 3.15. The van der Waals surface area contributed by atoms with Crippen molar-refractivity contribution in [2.45, 2.75) is 25.8 Å². The van der Waals surface area contributed by atoms with E-state index < -0.39 is 6.09 Å². The molecule has 0 unspecified atom stereocenters. The molecule has 2 aromatic heterocycles. The van der Waals surface area contributed by atoms with Gasteiger partial charge in [0.2, 0.25) is 0 Å². The highest BCUT2D eigenvalue weighted by Crippen LogP contribution is 2.27. The zero-order valence-electron chi connectivity index (χ0n) is 16.9. The van der Waals surface area contributed by atoms with Crippen molar-refractivity contribution < 1.29 is 9.90 Å². The van der Waals surface area contributed by atoms with Crippen molar-refractivity contribution in [3.05, 3.63) is 47.5 Å². The van der Waals surface area contributed by atoms with Crippen LogP contribution in [0.5, 0.6) is 0 Å². The van der Waals surface area contributed by atoms with Crippen LogP contribution in [-0.2, 0) is 13.6 Å². The van der Waals surface area contributed by atoms with E-state index >= 15 is 0 Å². The van der Waals surface area contributed by atoms with Crippen LogP contribution in [0.25, 0.3) is 10.9 Å². The first-order chi connectivity index (χ1) is 14.5. The Morgan fingerprint density at radius 1 is 1.27 bits per heavy atom. The lowest BCUT2D eigenvalue weighted by atomic mass is 9.93. The SMILES string of the molecule is Cn1ncnc1CN(CCC1CCN(c2ccc3cc(Cl)ccc3n2)CC1)C(=O)O. The summed E-state index contributed by atoms with van der Waals surface area (Å²) in [4.78, 5) is 24.3. The predicted molar refractivity (Wildman–Crippen MR) is 116 cm³/mol. The first-order valence-corrected chi connectivity index (χ1v) is 10.5. The molecule has 1 aliphatic rings. The lowest BCUT2D eigenvalue weighted by molar-refractivity contribution is 0.135. The molecule has 3 aromatic rings. The minimum absolute atomic E-state index is 0.260. The lowest BCUT2D eigenvalue weighted by Gasteiger charge is -2.33. The number of benzene rings is 1. The Labute approximate surface area is 180 Å². The molecule has 0 spiro atoms. The molecule has 0 atom stereocenters. The van der Waals surface area contributed by atoms with Crippen LogP contribution < -0.4 is 4.90 Å². The molecule has 1 fully saturated rings. The van der Waals surface area contributed by atoms with Gasteiger partial charge in [-0.1, -0.05) is 11.6 Å². The quantitative estimate of drug-likeness (QED) is 0.642. The summed E-state index contributed by atoms with van der Waals surface area (Å²) in [6.07, 6.45) is 3.42. The molecule has 1 saturated heterocycles. The monoisotopic (exact) mass is 428 g/mol. The molecular formula is C21H25ClN6O2. The highest BCUT2D eigenvalue weighted by Gasteiger charge is 2.23. The Balaban J connectivity index is 1.31. The minimum Gasteiger partial charge on any atom is -0.465 e. The van der Waals surface area contributed by atoms with Gasteiger partial charge in [0.15, 0.2) is 0 Å². The third-order valence-corrected chi connectivity index (χ3v) is 6.03. The standard InChI is InChI=1S/C21H25ClN6O2/c1-26-20(23-14-24-26)13-28(21(29)30)11-8-15-6-9-27(10-7-15)19-5-2-16-12-17(22)3-4-18(16)25-19/h2-5,12,14-15H,6-11,13H2,1H3,(H,29,30). The fraction of sp³-hybridized carbons (Fsp3) is 0.429. The van der Waals surface area contributed by atoms with Gasteiger partial charge in [0, 0.05) is 37.1 Å². The molecule has 0 saturated carbocycles. The van der Waals surface area contributed by atoms with Crippen LogP contribution in [0.4, 0.5) is 10.6 Å². The van der Waals surface area contributed by atoms with Gasteiger partial charge in [-0.3, -0.25) is 4.68 Å². The number of hydrogen-bond donors (Lipinski definition) is 1. The second kappa shape index (κ2) is 8.87. The summed E-state index contributed by atoms with van der Waals surface area (Å²) in [5.41, 5.74) is 0.944. The third-order valence-electron chi connectivity index (χ3n) is 5.79. The van der Waals surface area contributed by atoms with Gasteiger partial charge in [0.1, 0.15) is 18.0 Å². The van der Waals surface area contributed by atoms with Crippen LogP contribution in [0.1, 0.15) is 25.1 Å². The number of piperidine rings is 1. The molecule has 3 heterocycles. The zero-order chi connectivity index (χ0) is 21.1. The molecule has 8 nitrogen and oxygen atoms in total. The van der Waals surface area contributed by atoms with Crippen molar-refractivity contribution in [3.63, 3.8) is 0 Å². The van der Waals surface area contributed by atoms with Crippen LogP contribution in [-0.4, -0.2) is 55.5 Å². The van der Waals surface area contributed by atoms with Crippen LogP contribution in [0.15, 0.2) is 36.7 Å². The van der Waals surface area contributed by atoms with Crippen LogP contribution >= 0.6 is 11.6 Å². The molecule has 4 rings (SSSR count). The Morgan fingerprint density at radius 3 is 2.77 bits per heavy atom. The number of fused-ring (bicyclic) bond motifs is 1. The van der Waals surface area contributed by atoms with Crippen molar-refractivity contribution in [2.24, 2.45) is 13.0 Å². The number of amides is 1. The molecular weight excluding hydrogens is 404 g/mol. The van der Waals surface area contributed by atoms with E-state index in [0.717, 1.165) is 49.1 Å². The Kier molecular flexibility index (Phi) is 6.03. The van der Waals surface area contributed by atoms with E-state index in [9.17, 15) is 9.90 Å². The van der Waals surface area contributed by atoms with Crippen LogP contribution in [0, 0.1) is 5.92 Å². The van der Waals surface area contributed by atoms with Crippen LogP contribution in [0.2, 0.25) is 5.02 Å². The smallest absolute Gasteiger partial charge is 0.407 e. The lowest BCUT2D eigenvalue weighted by Crippen LogP contribution is -2.37. The number of anilines is 1. The van der Waals surface area contributed by atoms with Crippen molar-refractivity contribution in [2.75, 3.05) is 24.5 Å². The van der Waals surface area contributed by atoms with Gasteiger partial charge in [-0.05, 0) is 55.5 Å². The summed E-state index contributed by atoms with van der Waals surface area (Å²) >= 11 is 6.06. The second-order valence-electron chi connectivity index (χ2n) is 7.73. The minimum atomic E-state index is -0.920. The van der Waals surface area contributed by atoms with E-state index in [4.69, 9.17) is 16.6 Å². The summed E-state index contributed by atoms with van der Waals surface area (Å²) in [5.74, 6) is 2.13.